The molecule has 0 spiro atoms. The molecule has 28 heavy (non-hydrogen) atoms. The number of aliphatic imine (C=N–C) groups is 1. The van der Waals surface area contributed by atoms with Crippen LogP contribution >= 0.6 is 0 Å². The van der Waals surface area contributed by atoms with Gasteiger partial charge in [-0.1, -0.05) is 6.07 Å². The minimum atomic E-state index is 0.587. The van der Waals surface area contributed by atoms with Crippen molar-refractivity contribution in [3.05, 3.63) is 47.5 Å². The average Bonchev–Trinajstić information content (AvgIpc) is 2.75. The number of benzene rings is 2. The average molecular weight is 387 g/mol. The van der Waals surface area contributed by atoms with Crippen LogP contribution in [0.15, 0.2) is 41.4 Å². The van der Waals surface area contributed by atoms with Crippen LogP contribution < -0.4 is 29.6 Å². The molecular formula is C21H29N3O4. The van der Waals surface area contributed by atoms with Crippen LogP contribution in [0.3, 0.4) is 0 Å². The van der Waals surface area contributed by atoms with Gasteiger partial charge in [-0.15, -0.1) is 0 Å². The van der Waals surface area contributed by atoms with Crippen molar-refractivity contribution < 1.29 is 18.9 Å². The zero-order chi connectivity index (χ0) is 20.4. The van der Waals surface area contributed by atoms with E-state index in [-0.39, 0.29) is 0 Å². The predicted octanol–water partition coefficient (Wildman–Crippen LogP) is 2.63. The quantitative estimate of drug-likeness (QED) is 0.509. The fraction of sp³-hybridized carbons (Fsp3) is 0.381. The SMILES string of the molecule is CN=C(NCCc1ccc(OC)c(OC)c1)NCc1ccc(OC)cc1OC. The molecule has 0 aromatic heterocycles. The van der Waals surface area contributed by atoms with E-state index in [1.165, 1.54) is 0 Å². The first-order chi connectivity index (χ1) is 13.6. The molecule has 0 fully saturated rings. The van der Waals surface area contributed by atoms with Crippen LogP contribution in [0.25, 0.3) is 0 Å². The second-order valence-electron chi connectivity index (χ2n) is 5.97. The number of rotatable bonds is 9. The summed E-state index contributed by atoms with van der Waals surface area (Å²) in [6, 6.07) is 11.7. The van der Waals surface area contributed by atoms with E-state index >= 15 is 0 Å². The molecule has 0 bridgehead atoms. The van der Waals surface area contributed by atoms with E-state index in [0.29, 0.717) is 6.54 Å². The van der Waals surface area contributed by atoms with E-state index in [2.05, 4.69) is 15.6 Å². The highest BCUT2D eigenvalue weighted by Crippen LogP contribution is 2.27. The molecular weight excluding hydrogens is 358 g/mol. The van der Waals surface area contributed by atoms with Crippen LogP contribution in [0.4, 0.5) is 0 Å². The molecule has 0 heterocycles. The molecule has 0 unspecified atom stereocenters. The Morgan fingerprint density at radius 1 is 0.821 bits per heavy atom. The molecule has 2 aromatic rings. The largest absolute Gasteiger partial charge is 0.497 e. The second kappa shape index (κ2) is 10.9. The molecule has 0 saturated carbocycles. The van der Waals surface area contributed by atoms with Gasteiger partial charge in [-0.2, -0.15) is 0 Å². The Kier molecular flexibility index (Phi) is 8.27. The lowest BCUT2D eigenvalue weighted by atomic mass is 10.1. The Bertz CT molecular complexity index is 793. The number of methoxy groups -OCH3 is 4. The summed E-state index contributed by atoms with van der Waals surface area (Å²) in [5, 5.41) is 6.61. The topological polar surface area (TPSA) is 73.3 Å². The van der Waals surface area contributed by atoms with Crippen molar-refractivity contribution in [3.63, 3.8) is 0 Å². The summed E-state index contributed by atoms with van der Waals surface area (Å²) >= 11 is 0. The van der Waals surface area contributed by atoms with Crippen molar-refractivity contribution in [1.29, 1.82) is 0 Å². The smallest absolute Gasteiger partial charge is 0.191 e. The molecule has 2 aromatic carbocycles. The van der Waals surface area contributed by atoms with Crippen LogP contribution in [-0.2, 0) is 13.0 Å². The van der Waals surface area contributed by atoms with Crippen LogP contribution in [0.1, 0.15) is 11.1 Å². The Labute approximate surface area is 166 Å². The zero-order valence-corrected chi connectivity index (χ0v) is 17.2. The van der Waals surface area contributed by atoms with Gasteiger partial charge in [0, 0.05) is 31.8 Å². The number of nitrogens with zero attached hydrogens (tertiary/aromatic N) is 1. The summed E-state index contributed by atoms with van der Waals surface area (Å²) in [7, 11) is 8.30. The molecule has 0 atom stereocenters. The van der Waals surface area contributed by atoms with E-state index in [0.717, 1.165) is 53.1 Å². The van der Waals surface area contributed by atoms with Gasteiger partial charge >= 0.3 is 0 Å². The molecule has 2 N–H and O–H groups in total. The summed E-state index contributed by atoms with van der Waals surface area (Å²) < 4.78 is 21.3. The monoisotopic (exact) mass is 387 g/mol. The maximum absolute atomic E-state index is 5.43. The van der Waals surface area contributed by atoms with Crippen molar-refractivity contribution in [3.8, 4) is 23.0 Å². The van der Waals surface area contributed by atoms with Gasteiger partial charge in [0.2, 0.25) is 0 Å². The van der Waals surface area contributed by atoms with E-state index in [9.17, 15) is 0 Å². The van der Waals surface area contributed by atoms with Crippen molar-refractivity contribution in [2.24, 2.45) is 4.99 Å². The summed E-state index contributed by atoms with van der Waals surface area (Å²) in [6.45, 7) is 1.32. The Morgan fingerprint density at radius 2 is 1.57 bits per heavy atom. The van der Waals surface area contributed by atoms with Gasteiger partial charge in [-0.25, -0.2) is 0 Å². The van der Waals surface area contributed by atoms with Crippen molar-refractivity contribution in [1.82, 2.24) is 10.6 Å². The molecule has 0 aliphatic carbocycles. The summed E-state index contributed by atoms with van der Waals surface area (Å²) in [5.41, 5.74) is 2.17. The highest BCUT2D eigenvalue weighted by atomic mass is 16.5. The van der Waals surface area contributed by atoms with Gasteiger partial charge in [-0.05, 0) is 36.2 Å². The Balaban J connectivity index is 1.88. The van der Waals surface area contributed by atoms with Crippen LogP contribution in [0, 0.1) is 0 Å². The number of nitrogens with one attached hydrogen (secondary N) is 2. The van der Waals surface area contributed by atoms with E-state index in [1.807, 2.05) is 36.4 Å². The molecule has 0 saturated heterocycles. The molecule has 0 radical (unpaired) electrons. The van der Waals surface area contributed by atoms with Gasteiger partial charge in [0.05, 0.1) is 28.4 Å². The molecule has 2 rings (SSSR count). The lowest BCUT2D eigenvalue weighted by Crippen LogP contribution is -2.37. The molecule has 7 heteroatoms. The van der Waals surface area contributed by atoms with Crippen LogP contribution in [0.2, 0.25) is 0 Å². The van der Waals surface area contributed by atoms with Crippen LogP contribution in [0.5, 0.6) is 23.0 Å². The highest BCUT2D eigenvalue weighted by Gasteiger charge is 2.07. The number of hydrogen-bond acceptors (Lipinski definition) is 5. The fourth-order valence-electron chi connectivity index (χ4n) is 2.76. The number of guanidine groups is 1. The van der Waals surface area contributed by atoms with E-state index in [1.54, 1.807) is 35.5 Å². The van der Waals surface area contributed by atoms with Gasteiger partial charge in [0.1, 0.15) is 11.5 Å². The van der Waals surface area contributed by atoms with Gasteiger partial charge in [0.15, 0.2) is 17.5 Å². The summed E-state index contributed by atoms with van der Waals surface area (Å²) in [6.07, 6.45) is 0.826. The summed E-state index contributed by atoms with van der Waals surface area (Å²) in [4.78, 5) is 4.27. The normalized spacial score (nSPS) is 11.0. The van der Waals surface area contributed by atoms with Gasteiger partial charge < -0.3 is 29.6 Å². The molecule has 7 nitrogen and oxygen atoms in total. The fourth-order valence-corrected chi connectivity index (χ4v) is 2.76. The van der Waals surface area contributed by atoms with Crippen molar-refractivity contribution in [2.45, 2.75) is 13.0 Å². The predicted molar refractivity (Wildman–Crippen MR) is 111 cm³/mol. The highest BCUT2D eigenvalue weighted by molar-refractivity contribution is 5.79. The Morgan fingerprint density at radius 3 is 2.21 bits per heavy atom. The first-order valence-corrected chi connectivity index (χ1v) is 9.01. The summed E-state index contributed by atoms with van der Waals surface area (Å²) in [5.74, 6) is 3.71. The van der Waals surface area contributed by atoms with Gasteiger partial charge in [0.25, 0.3) is 0 Å². The first kappa shape index (κ1) is 21.2. The standard InChI is InChI=1S/C21H29N3O4/c1-22-21(24-14-16-7-8-17(25-2)13-19(16)27-4)23-11-10-15-6-9-18(26-3)20(12-15)28-5/h6-9,12-13H,10-11,14H2,1-5H3,(H2,22,23,24). The minimum Gasteiger partial charge on any atom is -0.497 e. The third kappa shape index (κ3) is 5.70. The first-order valence-electron chi connectivity index (χ1n) is 9.01. The van der Waals surface area contributed by atoms with Gasteiger partial charge in [-0.3, -0.25) is 4.99 Å². The third-order valence-corrected chi connectivity index (χ3v) is 4.32. The molecule has 0 aliphatic rings. The molecule has 152 valence electrons. The van der Waals surface area contributed by atoms with Crippen molar-refractivity contribution in [2.75, 3.05) is 42.0 Å². The molecule has 0 aliphatic heterocycles. The molecule has 0 amide bonds. The minimum absolute atomic E-state index is 0.587. The Hall–Kier alpha value is -3.09. The van der Waals surface area contributed by atoms with E-state index < -0.39 is 0 Å². The van der Waals surface area contributed by atoms with Crippen LogP contribution in [-0.4, -0.2) is 48.0 Å². The number of hydrogen-bond donors (Lipinski definition) is 2. The zero-order valence-electron chi connectivity index (χ0n) is 17.2. The lowest BCUT2D eigenvalue weighted by Gasteiger charge is -2.15. The van der Waals surface area contributed by atoms with E-state index in [4.69, 9.17) is 18.9 Å². The maximum Gasteiger partial charge on any atom is 0.191 e. The maximum atomic E-state index is 5.43. The van der Waals surface area contributed by atoms with Crippen molar-refractivity contribution >= 4 is 5.96 Å². The third-order valence-electron chi connectivity index (χ3n) is 4.32. The number of ether oxygens (including phenoxy) is 4. The second-order valence-corrected chi connectivity index (χ2v) is 5.97. The lowest BCUT2D eigenvalue weighted by molar-refractivity contribution is 0.354.